The summed E-state index contributed by atoms with van der Waals surface area (Å²) in [5.41, 5.74) is 2.26. The van der Waals surface area contributed by atoms with Gasteiger partial charge in [0.25, 0.3) is 0 Å². The van der Waals surface area contributed by atoms with Crippen LogP contribution in [-0.4, -0.2) is 12.0 Å². The lowest BCUT2D eigenvalue weighted by atomic mass is 10.1. The monoisotopic (exact) mass is 380 g/mol. The molecule has 1 unspecified atom stereocenters. The van der Waals surface area contributed by atoms with Crippen LogP contribution in [0.1, 0.15) is 16.6 Å². The summed E-state index contributed by atoms with van der Waals surface area (Å²) >= 11 is 11.3. The van der Waals surface area contributed by atoms with Crippen molar-refractivity contribution in [1.29, 1.82) is 0 Å². The molecule has 0 aliphatic heterocycles. The van der Waals surface area contributed by atoms with E-state index in [0.717, 1.165) is 26.4 Å². The van der Waals surface area contributed by atoms with Gasteiger partial charge in [-0.2, -0.15) is 0 Å². The summed E-state index contributed by atoms with van der Waals surface area (Å²) in [6.45, 7) is 0. The zero-order chi connectivity index (χ0) is 14.8. The highest BCUT2D eigenvalue weighted by Gasteiger charge is 2.15. The second-order valence-electron chi connectivity index (χ2n) is 4.81. The molecule has 3 rings (SSSR count). The van der Waals surface area contributed by atoms with Gasteiger partial charge in [0.15, 0.2) is 0 Å². The quantitative estimate of drug-likeness (QED) is 0.670. The van der Waals surface area contributed by atoms with Crippen molar-refractivity contribution in [3.8, 4) is 0 Å². The topological polar surface area (TPSA) is 24.9 Å². The fourth-order valence-corrected chi connectivity index (χ4v) is 3.78. The molecule has 0 spiro atoms. The Morgan fingerprint density at radius 1 is 1.29 bits per heavy atom. The van der Waals surface area contributed by atoms with Gasteiger partial charge < -0.3 is 5.32 Å². The minimum atomic E-state index is 0.194. The Kier molecular flexibility index (Phi) is 4.60. The van der Waals surface area contributed by atoms with Crippen molar-refractivity contribution >= 4 is 49.1 Å². The molecule has 5 heteroatoms. The molecular weight excluding hydrogens is 368 g/mol. The summed E-state index contributed by atoms with van der Waals surface area (Å²) in [7, 11) is 1.97. The Bertz CT molecular complexity index is 739. The summed E-state index contributed by atoms with van der Waals surface area (Å²) < 4.78 is 2.15. The van der Waals surface area contributed by atoms with Crippen LogP contribution < -0.4 is 5.32 Å². The summed E-state index contributed by atoms with van der Waals surface area (Å²) in [6, 6.07) is 14.5. The number of hydrogen-bond donors (Lipinski definition) is 1. The molecule has 1 N–H and O–H groups in total. The molecule has 0 radical (unpaired) electrons. The number of likely N-dealkylation sites (N-methyl/N-ethyl adjacent to an activating group) is 1. The molecule has 0 aliphatic carbocycles. The number of benzene rings is 2. The number of hydrogen-bond acceptors (Lipinski definition) is 3. The second kappa shape index (κ2) is 6.44. The van der Waals surface area contributed by atoms with Crippen molar-refractivity contribution in [3.05, 3.63) is 62.5 Å². The number of rotatable bonds is 4. The average molecular weight is 382 g/mol. The molecule has 1 atom stereocenters. The lowest BCUT2D eigenvalue weighted by Gasteiger charge is -2.13. The molecule has 0 amide bonds. The number of para-hydroxylation sites is 1. The summed E-state index contributed by atoms with van der Waals surface area (Å²) in [4.78, 5) is 4.73. The van der Waals surface area contributed by atoms with Crippen LogP contribution in [0.25, 0.3) is 10.2 Å². The van der Waals surface area contributed by atoms with Crippen LogP contribution in [0.2, 0.25) is 5.02 Å². The molecule has 0 bridgehead atoms. The van der Waals surface area contributed by atoms with Crippen LogP contribution in [0.5, 0.6) is 0 Å². The third-order valence-electron chi connectivity index (χ3n) is 3.38. The Labute approximate surface area is 141 Å². The number of nitrogens with one attached hydrogen (secondary N) is 1. The fraction of sp³-hybridized carbons (Fsp3) is 0.188. The van der Waals surface area contributed by atoms with Crippen molar-refractivity contribution < 1.29 is 0 Å². The second-order valence-corrected chi connectivity index (χ2v) is 7.14. The number of aromatic nitrogens is 1. The van der Waals surface area contributed by atoms with E-state index in [4.69, 9.17) is 16.6 Å². The normalized spacial score (nSPS) is 12.7. The molecule has 1 heterocycles. The molecule has 3 aromatic rings. The Morgan fingerprint density at radius 3 is 2.81 bits per heavy atom. The largest absolute Gasteiger partial charge is 0.311 e. The van der Waals surface area contributed by atoms with Gasteiger partial charge in [-0.25, -0.2) is 4.98 Å². The first-order chi connectivity index (χ1) is 10.2. The maximum atomic E-state index is 6.17. The summed E-state index contributed by atoms with van der Waals surface area (Å²) in [5, 5.41) is 5.21. The van der Waals surface area contributed by atoms with Gasteiger partial charge in [0.1, 0.15) is 5.01 Å². The van der Waals surface area contributed by atoms with Crippen LogP contribution in [-0.2, 0) is 6.42 Å². The smallest absolute Gasteiger partial charge is 0.111 e. The zero-order valence-electron chi connectivity index (χ0n) is 11.4. The number of nitrogens with zero attached hydrogens (tertiary/aromatic N) is 1. The maximum absolute atomic E-state index is 6.17. The van der Waals surface area contributed by atoms with Gasteiger partial charge in [-0.05, 0) is 59.2 Å². The van der Waals surface area contributed by atoms with Gasteiger partial charge in [0.05, 0.1) is 21.3 Å². The van der Waals surface area contributed by atoms with Gasteiger partial charge in [-0.15, -0.1) is 11.3 Å². The van der Waals surface area contributed by atoms with Gasteiger partial charge in [-0.3, -0.25) is 0 Å². The highest BCUT2D eigenvalue weighted by Crippen LogP contribution is 2.30. The third-order valence-corrected chi connectivity index (χ3v) is 5.76. The van der Waals surface area contributed by atoms with Crippen LogP contribution in [0, 0.1) is 0 Å². The van der Waals surface area contributed by atoms with Crippen molar-refractivity contribution in [2.45, 2.75) is 12.5 Å². The zero-order valence-corrected chi connectivity index (χ0v) is 14.6. The molecule has 0 fully saturated rings. The van der Waals surface area contributed by atoms with Crippen molar-refractivity contribution in [3.63, 3.8) is 0 Å². The SMILES string of the molecule is CNC(Cc1ccc(Br)c(Cl)c1)c1nc2ccccc2s1. The van der Waals surface area contributed by atoms with Crippen molar-refractivity contribution in [2.24, 2.45) is 0 Å². The minimum absolute atomic E-state index is 0.194. The van der Waals surface area contributed by atoms with Crippen LogP contribution in [0.15, 0.2) is 46.9 Å². The molecule has 21 heavy (non-hydrogen) atoms. The summed E-state index contributed by atoms with van der Waals surface area (Å²) in [5.74, 6) is 0. The predicted octanol–water partition coefficient (Wildman–Crippen LogP) is 5.22. The molecule has 0 saturated carbocycles. The van der Waals surface area contributed by atoms with E-state index in [2.05, 4.69) is 39.4 Å². The van der Waals surface area contributed by atoms with E-state index in [-0.39, 0.29) is 6.04 Å². The van der Waals surface area contributed by atoms with E-state index in [0.29, 0.717) is 0 Å². The average Bonchev–Trinajstić information content (AvgIpc) is 2.92. The first-order valence-electron chi connectivity index (χ1n) is 6.64. The molecule has 0 aliphatic rings. The van der Waals surface area contributed by atoms with E-state index >= 15 is 0 Å². The predicted molar refractivity (Wildman–Crippen MR) is 94.3 cm³/mol. The molecule has 2 nitrogen and oxygen atoms in total. The van der Waals surface area contributed by atoms with E-state index < -0.39 is 0 Å². The first kappa shape index (κ1) is 15.0. The fourth-order valence-electron chi connectivity index (χ4n) is 2.25. The third kappa shape index (κ3) is 3.29. The Balaban J connectivity index is 1.88. The number of fused-ring (bicyclic) bond motifs is 1. The highest BCUT2D eigenvalue weighted by atomic mass is 79.9. The molecule has 108 valence electrons. The molecule has 0 saturated heterocycles. The number of thiazole rings is 1. The minimum Gasteiger partial charge on any atom is -0.311 e. The first-order valence-corrected chi connectivity index (χ1v) is 8.63. The highest BCUT2D eigenvalue weighted by molar-refractivity contribution is 9.10. The van der Waals surface area contributed by atoms with Crippen LogP contribution in [0.4, 0.5) is 0 Å². The molecule has 2 aromatic carbocycles. The van der Waals surface area contributed by atoms with Crippen LogP contribution >= 0.6 is 38.9 Å². The van der Waals surface area contributed by atoms with Gasteiger partial charge in [0.2, 0.25) is 0 Å². The van der Waals surface area contributed by atoms with E-state index in [1.807, 2.05) is 31.3 Å². The van der Waals surface area contributed by atoms with Crippen LogP contribution in [0.3, 0.4) is 0 Å². The van der Waals surface area contributed by atoms with Gasteiger partial charge >= 0.3 is 0 Å². The van der Waals surface area contributed by atoms with E-state index in [9.17, 15) is 0 Å². The number of halogens is 2. The standard InChI is InChI=1S/C16H14BrClN2S/c1-19-14(9-10-6-7-11(17)12(18)8-10)16-20-13-4-2-3-5-15(13)21-16/h2-8,14,19H,9H2,1H3. The van der Waals surface area contributed by atoms with Gasteiger partial charge in [-0.1, -0.05) is 29.8 Å². The van der Waals surface area contributed by atoms with E-state index in [1.54, 1.807) is 11.3 Å². The summed E-state index contributed by atoms with van der Waals surface area (Å²) in [6.07, 6.45) is 0.864. The van der Waals surface area contributed by atoms with E-state index in [1.165, 1.54) is 10.3 Å². The molecule has 1 aromatic heterocycles. The van der Waals surface area contributed by atoms with Crippen molar-refractivity contribution in [2.75, 3.05) is 7.05 Å². The Morgan fingerprint density at radius 2 is 2.10 bits per heavy atom. The van der Waals surface area contributed by atoms with Crippen molar-refractivity contribution in [1.82, 2.24) is 10.3 Å². The lowest BCUT2D eigenvalue weighted by Crippen LogP contribution is -2.18. The van der Waals surface area contributed by atoms with Gasteiger partial charge in [0, 0.05) is 4.47 Å². The molecular formula is C16H14BrClN2S. The lowest BCUT2D eigenvalue weighted by molar-refractivity contribution is 0.589. The Hall–Kier alpha value is -0.940. The maximum Gasteiger partial charge on any atom is 0.111 e.